The minimum absolute atomic E-state index is 0. The van der Waals surface area contributed by atoms with Gasteiger partial charge in [-0.3, -0.25) is 0 Å². The molecule has 0 saturated carbocycles. The molecule has 0 N–H and O–H groups in total. The van der Waals surface area contributed by atoms with Gasteiger partial charge in [-0.2, -0.15) is 44.5 Å². The molecule has 0 atom stereocenters. The molecule has 0 heterocycles. The summed E-state index contributed by atoms with van der Waals surface area (Å²) in [6.45, 7) is 0. The molecular formula is C8H3F6IMg. The van der Waals surface area contributed by atoms with E-state index in [1.54, 1.807) is 6.07 Å². The summed E-state index contributed by atoms with van der Waals surface area (Å²) in [4.78, 5) is 0. The fourth-order valence-electron chi connectivity index (χ4n) is 0.799. The van der Waals surface area contributed by atoms with Gasteiger partial charge in [0.2, 0.25) is 0 Å². The van der Waals surface area contributed by atoms with Crippen LogP contribution in [0.5, 0.6) is 0 Å². The minimum Gasteiger partial charge on any atom is -1.00 e. The Morgan fingerprint density at radius 1 is 0.812 bits per heavy atom. The van der Waals surface area contributed by atoms with Gasteiger partial charge in [-0.15, -0.1) is 6.07 Å². The zero-order chi connectivity index (χ0) is 11.0. The average Bonchev–Trinajstić information content (AvgIpc) is 2.01. The molecule has 0 nitrogen and oxygen atoms in total. The van der Waals surface area contributed by atoms with Crippen LogP contribution in [0.2, 0.25) is 0 Å². The number of rotatable bonds is 0. The minimum atomic E-state index is -4.78. The summed E-state index contributed by atoms with van der Waals surface area (Å²) in [5.41, 5.74) is -2.71. The van der Waals surface area contributed by atoms with Gasteiger partial charge in [0.1, 0.15) is 0 Å². The Balaban J connectivity index is 0. The molecule has 0 aliphatic rings. The summed E-state index contributed by atoms with van der Waals surface area (Å²) in [5, 5.41) is 0. The van der Waals surface area contributed by atoms with E-state index in [0.29, 0.717) is 12.1 Å². The molecule has 16 heavy (non-hydrogen) atoms. The van der Waals surface area contributed by atoms with E-state index >= 15 is 0 Å². The average molecular weight is 364 g/mol. The molecule has 0 aromatic heterocycles. The van der Waals surface area contributed by atoms with Gasteiger partial charge in [0.15, 0.2) is 0 Å². The predicted molar refractivity (Wildman–Crippen MR) is 41.0 cm³/mol. The molecule has 1 rings (SSSR count). The Bertz CT molecular complexity index is 303. The van der Waals surface area contributed by atoms with E-state index in [1.807, 2.05) is 0 Å². The Morgan fingerprint density at radius 2 is 1.12 bits per heavy atom. The third-order valence-electron chi connectivity index (χ3n) is 1.44. The molecule has 0 unspecified atom stereocenters. The van der Waals surface area contributed by atoms with Gasteiger partial charge in [0, 0.05) is 0 Å². The molecule has 1 aromatic carbocycles. The Morgan fingerprint density at radius 3 is 1.38 bits per heavy atom. The van der Waals surface area contributed by atoms with Gasteiger partial charge in [-0.1, -0.05) is 11.1 Å². The van der Waals surface area contributed by atoms with Crippen LogP contribution in [0.15, 0.2) is 18.2 Å². The first-order valence-electron chi connectivity index (χ1n) is 3.37. The van der Waals surface area contributed by atoms with E-state index < -0.39 is 23.5 Å². The standard InChI is InChI=1S/C8H3F6.HI.Mg/c9-7(10,11)5-2-1-3-6(4-5)8(12,13)14;;/h2-4H;1H;/q-1;;+2/p-1. The van der Waals surface area contributed by atoms with Gasteiger partial charge >= 0.3 is 35.4 Å². The first-order chi connectivity index (χ1) is 6.21. The fraction of sp³-hybridized carbons (Fsp3) is 0.250. The SMILES string of the molecule is FC(F)(F)c1c[c-]cc(C(F)(F)F)c1.[I-].[Mg+2]. The van der Waals surface area contributed by atoms with Crippen LogP contribution in [0.25, 0.3) is 0 Å². The summed E-state index contributed by atoms with van der Waals surface area (Å²) in [6.07, 6.45) is -9.56. The maximum absolute atomic E-state index is 12.0. The molecule has 0 aliphatic heterocycles. The second-order valence-electron chi connectivity index (χ2n) is 2.51. The molecule has 86 valence electrons. The van der Waals surface area contributed by atoms with Gasteiger partial charge in [0.05, 0.1) is 0 Å². The number of hydrogen-bond acceptors (Lipinski definition) is 0. The van der Waals surface area contributed by atoms with E-state index in [0.717, 1.165) is 0 Å². The monoisotopic (exact) mass is 364 g/mol. The van der Waals surface area contributed by atoms with Crippen molar-refractivity contribution in [1.29, 1.82) is 0 Å². The molecule has 0 radical (unpaired) electrons. The maximum atomic E-state index is 12.0. The van der Waals surface area contributed by atoms with Crippen molar-refractivity contribution in [2.75, 3.05) is 0 Å². The normalized spacial score (nSPS) is 11.4. The molecule has 0 aliphatic carbocycles. The van der Waals surface area contributed by atoms with Crippen molar-refractivity contribution >= 4 is 23.1 Å². The number of halogens is 7. The van der Waals surface area contributed by atoms with Crippen LogP contribution in [-0.2, 0) is 12.4 Å². The van der Waals surface area contributed by atoms with Gasteiger partial charge < -0.3 is 24.0 Å². The largest absolute Gasteiger partial charge is 2.00 e. The maximum Gasteiger partial charge on any atom is 2.00 e. The van der Waals surface area contributed by atoms with Crippen molar-refractivity contribution in [2.24, 2.45) is 0 Å². The fourth-order valence-corrected chi connectivity index (χ4v) is 0.799. The summed E-state index contributed by atoms with van der Waals surface area (Å²) in [6, 6.07) is 2.79. The van der Waals surface area contributed by atoms with E-state index in [4.69, 9.17) is 0 Å². The third-order valence-corrected chi connectivity index (χ3v) is 1.44. The summed E-state index contributed by atoms with van der Waals surface area (Å²) in [5.74, 6) is 0. The molecule has 0 spiro atoms. The van der Waals surface area contributed by atoms with E-state index in [1.165, 1.54) is 0 Å². The van der Waals surface area contributed by atoms with Crippen molar-refractivity contribution in [3.63, 3.8) is 0 Å². The zero-order valence-electron chi connectivity index (χ0n) is 7.58. The predicted octanol–water partition coefficient (Wildman–Crippen LogP) is 0.148. The van der Waals surface area contributed by atoms with Crippen LogP contribution < -0.4 is 24.0 Å². The summed E-state index contributed by atoms with van der Waals surface area (Å²) < 4.78 is 71.8. The second kappa shape index (κ2) is 6.29. The number of benzene rings is 1. The number of alkyl halides is 6. The smallest absolute Gasteiger partial charge is 1.00 e. The van der Waals surface area contributed by atoms with Crippen LogP contribution in [0.1, 0.15) is 11.1 Å². The van der Waals surface area contributed by atoms with Crippen molar-refractivity contribution in [1.82, 2.24) is 0 Å². The van der Waals surface area contributed by atoms with Crippen LogP contribution >= 0.6 is 0 Å². The van der Waals surface area contributed by atoms with Gasteiger partial charge in [0.25, 0.3) is 0 Å². The van der Waals surface area contributed by atoms with Crippen molar-refractivity contribution in [3.8, 4) is 0 Å². The van der Waals surface area contributed by atoms with Gasteiger partial charge in [-0.05, 0) is 0 Å². The second-order valence-corrected chi connectivity index (χ2v) is 2.51. The van der Waals surface area contributed by atoms with E-state index in [-0.39, 0.29) is 53.1 Å². The first kappa shape index (κ1) is 18.7. The van der Waals surface area contributed by atoms with Crippen molar-refractivity contribution < 1.29 is 50.3 Å². The van der Waals surface area contributed by atoms with Crippen molar-refractivity contribution in [3.05, 3.63) is 35.4 Å². The van der Waals surface area contributed by atoms with Gasteiger partial charge in [-0.25, -0.2) is 0 Å². The molecule has 0 bridgehead atoms. The zero-order valence-corrected chi connectivity index (χ0v) is 11.2. The van der Waals surface area contributed by atoms with Crippen LogP contribution in [0, 0.1) is 6.07 Å². The quantitative estimate of drug-likeness (QED) is 0.266. The summed E-state index contributed by atoms with van der Waals surface area (Å²) >= 11 is 0. The first-order valence-corrected chi connectivity index (χ1v) is 3.37. The van der Waals surface area contributed by atoms with E-state index in [9.17, 15) is 26.3 Å². The topological polar surface area (TPSA) is 0 Å². The Hall–Kier alpha value is 0.296. The molecule has 1 aromatic rings. The molecule has 8 heteroatoms. The van der Waals surface area contributed by atoms with Crippen LogP contribution in [-0.4, -0.2) is 23.1 Å². The summed E-state index contributed by atoms with van der Waals surface area (Å²) in [7, 11) is 0. The molecule has 0 saturated heterocycles. The molecule has 0 amide bonds. The van der Waals surface area contributed by atoms with Crippen molar-refractivity contribution in [2.45, 2.75) is 12.4 Å². The number of hydrogen-bond donors (Lipinski definition) is 0. The third kappa shape index (κ3) is 5.08. The van der Waals surface area contributed by atoms with E-state index in [2.05, 4.69) is 0 Å². The van der Waals surface area contributed by atoms with Crippen LogP contribution in [0.3, 0.4) is 0 Å². The Labute approximate surface area is 121 Å². The molecular weight excluding hydrogens is 361 g/mol. The van der Waals surface area contributed by atoms with Crippen LogP contribution in [0.4, 0.5) is 26.3 Å². The Kier molecular flexibility index (Phi) is 7.33. The molecule has 0 fully saturated rings.